The summed E-state index contributed by atoms with van der Waals surface area (Å²) in [5, 5.41) is 11.7. The molecule has 0 fully saturated rings. The fraction of sp³-hybridized carbons (Fsp3) is 0.111. The Morgan fingerprint density at radius 1 is 0.846 bits per heavy atom. The normalized spacial score (nSPS) is 11.6. The summed E-state index contributed by atoms with van der Waals surface area (Å²) >= 11 is 0. The maximum Gasteiger partial charge on any atom is 0.232 e. The molecule has 4 rings (SSSR count). The summed E-state index contributed by atoms with van der Waals surface area (Å²) < 4.78 is 36.1. The van der Waals surface area contributed by atoms with Gasteiger partial charge in [0.1, 0.15) is 17.6 Å². The minimum absolute atomic E-state index is 0.112. The van der Waals surface area contributed by atoms with Crippen LogP contribution in [0.25, 0.3) is 32.8 Å². The van der Waals surface area contributed by atoms with E-state index in [-0.39, 0.29) is 6.61 Å². The molecule has 1 N–H and O–H groups in total. The predicted molar refractivity (Wildman–Crippen MR) is 84.0 cm³/mol. The Bertz CT molecular complexity index is 1060. The number of nitrogens with zero attached hydrogens (tertiary/aromatic N) is 2. The number of aliphatic hydroxyl groups is 1. The maximum atomic E-state index is 9.41. The van der Waals surface area contributed by atoms with Crippen molar-refractivity contribution in [2.75, 3.05) is 6.61 Å². The largest absolute Gasteiger partial charge is 0.390 e. The van der Waals surface area contributed by atoms with E-state index in [0.717, 1.165) is 27.5 Å². The lowest BCUT2D eigenvalue weighted by molar-refractivity contribution is -2.00. The maximum absolute atomic E-state index is 9.41. The second-order valence-electron chi connectivity index (χ2n) is 5.51. The van der Waals surface area contributed by atoms with Gasteiger partial charge in [-0.2, -0.15) is 4.57 Å². The average molecular weight is 375 g/mol. The number of rotatable bonds is 2. The average Bonchev–Trinajstić information content (AvgIpc) is 2.60. The van der Waals surface area contributed by atoms with Gasteiger partial charge in [-0.05, 0) is 17.5 Å². The van der Waals surface area contributed by atoms with Gasteiger partial charge in [0.15, 0.2) is 6.54 Å². The van der Waals surface area contributed by atoms with E-state index >= 15 is 0 Å². The first-order valence-corrected chi connectivity index (χ1v) is 8.94. The summed E-state index contributed by atoms with van der Waals surface area (Å²) in [6.45, 7) is 0.679. The van der Waals surface area contributed by atoms with E-state index < -0.39 is 10.2 Å². The van der Waals surface area contributed by atoms with Crippen LogP contribution >= 0.6 is 0 Å². The van der Waals surface area contributed by atoms with Gasteiger partial charge in [-0.1, -0.05) is 36.4 Å². The molecule has 0 aliphatic heterocycles. The van der Waals surface area contributed by atoms with E-state index in [1.54, 1.807) is 0 Å². The second kappa shape index (κ2) is 7.46. The minimum Gasteiger partial charge on any atom is -0.390 e. The summed E-state index contributed by atoms with van der Waals surface area (Å²) in [5.41, 5.74) is 4.05. The van der Waals surface area contributed by atoms with Crippen LogP contribution in [0.2, 0.25) is 0 Å². The lowest BCUT2D eigenvalue weighted by atomic mass is 10.1. The van der Waals surface area contributed by atoms with Gasteiger partial charge in [-0.15, -0.1) is 10.2 Å². The molecule has 0 atom stereocenters. The van der Waals surface area contributed by atoms with Crippen molar-refractivity contribution >= 4 is 32.8 Å². The lowest BCUT2D eigenvalue weighted by Crippen LogP contribution is -2.68. The number of benzene rings is 3. The Kier molecular flexibility index (Phi) is 5.28. The van der Waals surface area contributed by atoms with Crippen molar-refractivity contribution in [2.45, 2.75) is 6.54 Å². The van der Waals surface area contributed by atoms with E-state index in [1.165, 1.54) is 5.39 Å². The molecule has 7 nitrogen and oxygen atoms in total. The lowest BCUT2D eigenvalue weighted by Gasteiger charge is -2.17. The number of halogens is 1. The molecule has 26 heavy (non-hydrogen) atoms. The summed E-state index contributed by atoms with van der Waals surface area (Å²) in [6.07, 6.45) is 0. The molecule has 8 heteroatoms. The van der Waals surface area contributed by atoms with Crippen molar-refractivity contribution in [1.29, 1.82) is 0 Å². The van der Waals surface area contributed by atoms with E-state index in [2.05, 4.69) is 28.8 Å². The minimum atomic E-state index is -4.94. The van der Waals surface area contributed by atoms with Crippen LogP contribution in [-0.4, -0.2) is 16.7 Å². The Morgan fingerprint density at radius 3 is 2.23 bits per heavy atom. The van der Waals surface area contributed by atoms with E-state index in [4.69, 9.17) is 23.6 Å². The van der Waals surface area contributed by atoms with Crippen molar-refractivity contribution in [3.63, 3.8) is 0 Å². The molecule has 0 saturated carbocycles. The molecule has 0 bridgehead atoms. The fourth-order valence-electron chi connectivity index (χ4n) is 2.96. The summed E-state index contributed by atoms with van der Waals surface area (Å²) in [7, 11) is -4.94. The molecule has 0 radical (unpaired) electrons. The highest BCUT2D eigenvalue weighted by molar-refractivity contribution is 6.04. The predicted octanol–water partition coefficient (Wildman–Crippen LogP) is -1.93. The first kappa shape index (κ1) is 18.4. The topological polar surface area (TPSA) is 129 Å². The third-order valence-electron chi connectivity index (χ3n) is 3.90. The van der Waals surface area contributed by atoms with E-state index in [0.29, 0.717) is 6.54 Å². The van der Waals surface area contributed by atoms with Crippen molar-refractivity contribution in [3.8, 4) is 0 Å². The molecule has 1 aromatic heterocycles. The Hall–Kier alpha value is -2.39. The molecule has 0 aliphatic rings. The number of para-hydroxylation sites is 2. The highest BCUT2D eigenvalue weighted by Crippen LogP contribution is 2.23. The Labute approximate surface area is 150 Å². The SMILES string of the molecule is OCC[n+]1c2ccccc2nc2c3ccccc3ccc21.[O-][Cl+3]([O-])([O-])[O-]. The molecule has 1 heterocycles. The Balaban J connectivity index is 0.000000349. The standard InChI is InChI=1S/C18H15N2O.ClHO4/c21-12-11-20-16-8-4-3-7-15(16)19-18-14-6-2-1-5-13(14)9-10-17(18)20;2-1(3,4)5/h1-10,21H,11-12H2;(H,2,3,4,5)/q+1;/p-1. The molecule has 0 unspecified atom stereocenters. The molecule has 134 valence electrons. The third kappa shape index (κ3) is 4.05. The second-order valence-corrected chi connectivity index (χ2v) is 6.26. The van der Waals surface area contributed by atoms with Gasteiger partial charge in [0, 0.05) is 17.5 Å². The van der Waals surface area contributed by atoms with Crippen LogP contribution in [0.1, 0.15) is 0 Å². The quantitative estimate of drug-likeness (QED) is 0.247. The smallest absolute Gasteiger partial charge is 0.232 e. The summed E-state index contributed by atoms with van der Waals surface area (Å²) in [5.74, 6) is 0. The zero-order valence-corrected chi connectivity index (χ0v) is 14.3. The van der Waals surface area contributed by atoms with Crippen molar-refractivity contribution in [3.05, 3.63) is 60.7 Å². The van der Waals surface area contributed by atoms with Crippen LogP contribution in [0.5, 0.6) is 0 Å². The van der Waals surface area contributed by atoms with Crippen LogP contribution in [0, 0.1) is 10.2 Å². The van der Waals surface area contributed by atoms with Crippen LogP contribution in [-0.2, 0) is 6.54 Å². The number of hydrogen-bond acceptors (Lipinski definition) is 6. The highest BCUT2D eigenvalue weighted by atomic mass is 35.7. The molecule has 3 aromatic carbocycles. The zero-order chi connectivity index (χ0) is 18.7. The van der Waals surface area contributed by atoms with Crippen LogP contribution in [0.15, 0.2) is 60.7 Å². The number of aromatic nitrogens is 2. The van der Waals surface area contributed by atoms with Gasteiger partial charge >= 0.3 is 0 Å². The van der Waals surface area contributed by atoms with E-state index in [9.17, 15) is 5.11 Å². The molecular weight excluding hydrogens is 360 g/mol. The first-order valence-electron chi connectivity index (χ1n) is 7.71. The zero-order valence-electron chi connectivity index (χ0n) is 13.5. The van der Waals surface area contributed by atoms with E-state index in [1.807, 2.05) is 36.4 Å². The summed E-state index contributed by atoms with van der Waals surface area (Å²) in [4.78, 5) is 4.85. The summed E-state index contributed by atoms with van der Waals surface area (Å²) in [6, 6.07) is 20.5. The first-order chi connectivity index (χ1) is 12.4. The molecule has 0 saturated heterocycles. The van der Waals surface area contributed by atoms with Crippen molar-refractivity contribution < 1.29 is 38.6 Å². The monoisotopic (exact) mass is 374 g/mol. The van der Waals surface area contributed by atoms with Crippen molar-refractivity contribution in [2.24, 2.45) is 0 Å². The van der Waals surface area contributed by atoms with Gasteiger partial charge < -0.3 is 5.11 Å². The van der Waals surface area contributed by atoms with Gasteiger partial charge in [0.05, 0.1) is 0 Å². The van der Waals surface area contributed by atoms with Gasteiger partial charge in [-0.25, -0.2) is 23.6 Å². The number of aliphatic hydroxyl groups excluding tert-OH is 1. The Morgan fingerprint density at radius 2 is 1.50 bits per heavy atom. The molecule has 4 aromatic rings. The van der Waals surface area contributed by atoms with Crippen LogP contribution in [0.3, 0.4) is 0 Å². The highest BCUT2D eigenvalue weighted by Gasteiger charge is 2.17. The molecular formula is C18H15ClN2O5. The van der Waals surface area contributed by atoms with Gasteiger partial charge in [-0.3, -0.25) is 0 Å². The van der Waals surface area contributed by atoms with Crippen LogP contribution in [0.4, 0.5) is 0 Å². The van der Waals surface area contributed by atoms with Gasteiger partial charge in [0.25, 0.3) is 0 Å². The third-order valence-corrected chi connectivity index (χ3v) is 3.90. The van der Waals surface area contributed by atoms with Crippen LogP contribution < -0.4 is 23.2 Å². The van der Waals surface area contributed by atoms with Crippen molar-refractivity contribution in [1.82, 2.24) is 4.98 Å². The number of hydrogen-bond donors (Lipinski definition) is 1. The molecule has 0 spiro atoms. The van der Waals surface area contributed by atoms with Gasteiger partial charge in [0.2, 0.25) is 11.0 Å². The fourth-order valence-corrected chi connectivity index (χ4v) is 2.96. The molecule has 0 aliphatic carbocycles. The number of fused-ring (bicyclic) bond motifs is 4. The molecule has 0 amide bonds.